The van der Waals surface area contributed by atoms with Crippen LogP contribution in [0.4, 0.5) is 25.0 Å². The van der Waals surface area contributed by atoms with Crippen molar-refractivity contribution < 1.29 is 13.6 Å². The summed E-state index contributed by atoms with van der Waals surface area (Å²) in [5, 5.41) is 5.83. The van der Waals surface area contributed by atoms with E-state index < -0.39 is 17.7 Å². The Balaban J connectivity index is 1.41. The molecule has 5 nitrogen and oxygen atoms in total. The Bertz CT molecular complexity index is 1190. The average molecular weight is 424 g/mol. The molecule has 1 aromatic heterocycles. The maximum atomic E-state index is 13.2. The first-order chi connectivity index (χ1) is 14.4. The van der Waals surface area contributed by atoms with Crippen molar-refractivity contribution in [3.8, 4) is 0 Å². The number of H-pyrrole nitrogens is 1. The standard InChI is InChI=1S/C22H18F2N4OS/c1-13-2-4-14(5-3-13)12-30-22-27-19-7-6-17(11-20(19)28-22)25-21(29)26-18-9-15(23)8-16(24)10-18/h2-11H,12H2,1H3,(H,27,28)(H2,25,26,29). The SMILES string of the molecule is Cc1ccc(CSc2nc3ccc(NC(=O)Nc4cc(F)cc(F)c4)cc3[nH]2)cc1. The van der Waals surface area contributed by atoms with Crippen molar-refractivity contribution in [2.24, 2.45) is 0 Å². The summed E-state index contributed by atoms with van der Waals surface area (Å²) in [6, 6.07) is 15.8. The zero-order valence-electron chi connectivity index (χ0n) is 16.0. The fraction of sp³-hybridized carbons (Fsp3) is 0.0909. The van der Waals surface area contributed by atoms with E-state index in [1.807, 2.05) is 0 Å². The number of carbonyl (C=O) groups is 1. The molecule has 1 heterocycles. The summed E-state index contributed by atoms with van der Waals surface area (Å²) in [5.74, 6) is -0.739. The fourth-order valence-electron chi connectivity index (χ4n) is 2.89. The van der Waals surface area contributed by atoms with E-state index >= 15 is 0 Å². The summed E-state index contributed by atoms with van der Waals surface area (Å²) in [4.78, 5) is 19.9. The van der Waals surface area contributed by atoms with Crippen LogP contribution in [0, 0.1) is 18.6 Å². The van der Waals surface area contributed by atoms with Crippen LogP contribution in [-0.4, -0.2) is 16.0 Å². The lowest BCUT2D eigenvalue weighted by molar-refractivity contribution is 0.262. The quantitative estimate of drug-likeness (QED) is 0.340. The van der Waals surface area contributed by atoms with Gasteiger partial charge in [-0.15, -0.1) is 0 Å². The van der Waals surface area contributed by atoms with Gasteiger partial charge in [0.25, 0.3) is 0 Å². The Morgan fingerprint density at radius 1 is 0.967 bits per heavy atom. The zero-order valence-corrected chi connectivity index (χ0v) is 16.8. The van der Waals surface area contributed by atoms with Crippen molar-refractivity contribution in [3.05, 3.63) is 83.4 Å². The smallest absolute Gasteiger partial charge is 0.323 e. The molecule has 0 aliphatic carbocycles. The van der Waals surface area contributed by atoms with Crippen LogP contribution in [0.15, 0.2) is 65.8 Å². The second-order valence-corrected chi connectivity index (χ2v) is 7.75. The van der Waals surface area contributed by atoms with Gasteiger partial charge in [-0.3, -0.25) is 0 Å². The summed E-state index contributed by atoms with van der Waals surface area (Å²) >= 11 is 1.59. The third-order valence-electron chi connectivity index (χ3n) is 4.33. The maximum absolute atomic E-state index is 13.2. The molecule has 0 spiro atoms. The van der Waals surface area contributed by atoms with Crippen molar-refractivity contribution in [3.63, 3.8) is 0 Å². The van der Waals surface area contributed by atoms with E-state index in [0.29, 0.717) is 5.69 Å². The van der Waals surface area contributed by atoms with E-state index in [-0.39, 0.29) is 5.69 Å². The predicted molar refractivity (Wildman–Crippen MR) is 116 cm³/mol. The first kappa shape index (κ1) is 19.9. The van der Waals surface area contributed by atoms with Gasteiger partial charge < -0.3 is 15.6 Å². The lowest BCUT2D eigenvalue weighted by Gasteiger charge is -2.08. The molecule has 0 radical (unpaired) electrons. The van der Waals surface area contributed by atoms with E-state index in [1.54, 1.807) is 30.0 Å². The number of halogens is 2. The van der Waals surface area contributed by atoms with E-state index in [0.717, 1.165) is 40.1 Å². The van der Waals surface area contributed by atoms with Gasteiger partial charge in [-0.25, -0.2) is 18.6 Å². The number of nitrogens with zero attached hydrogens (tertiary/aromatic N) is 1. The topological polar surface area (TPSA) is 69.8 Å². The number of rotatable bonds is 5. The van der Waals surface area contributed by atoms with Crippen molar-refractivity contribution >= 4 is 40.2 Å². The Kier molecular flexibility index (Phi) is 5.67. The first-order valence-electron chi connectivity index (χ1n) is 9.17. The number of aromatic nitrogens is 2. The summed E-state index contributed by atoms with van der Waals surface area (Å²) in [6.45, 7) is 2.05. The van der Waals surface area contributed by atoms with Crippen molar-refractivity contribution in [2.45, 2.75) is 17.8 Å². The maximum Gasteiger partial charge on any atom is 0.323 e. The van der Waals surface area contributed by atoms with Crippen LogP contribution in [0.25, 0.3) is 11.0 Å². The number of benzene rings is 3. The highest BCUT2D eigenvalue weighted by atomic mass is 32.2. The molecule has 8 heteroatoms. The van der Waals surface area contributed by atoms with Crippen LogP contribution in [0.1, 0.15) is 11.1 Å². The van der Waals surface area contributed by atoms with Gasteiger partial charge in [0, 0.05) is 23.2 Å². The number of urea groups is 1. The number of carbonyl (C=O) groups excluding carboxylic acids is 1. The number of imidazole rings is 1. The van der Waals surface area contributed by atoms with E-state index in [2.05, 4.69) is 51.8 Å². The number of anilines is 2. The molecule has 0 unspecified atom stereocenters. The highest BCUT2D eigenvalue weighted by Crippen LogP contribution is 2.25. The van der Waals surface area contributed by atoms with Crippen LogP contribution in [0.5, 0.6) is 0 Å². The molecule has 0 saturated heterocycles. The molecule has 0 aliphatic rings. The van der Waals surface area contributed by atoms with Gasteiger partial charge in [-0.2, -0.15) is 0 Å². The Morgan fingerprint density at radius 3 is 2.40 bits per heavy atom. The largest absolute Gasteiger partial charge is 0.333 e. The van der Waals surface area contributed by atoms with Crippen LogP contribution >= 0.6 is 11.8 Å². The van der Waals surface area contributed by atoms with Crippen molar-refractivity contribution in [1.29, 1.82) is 0 Å². The second kappa shape index (κ2) is 8.54. The molecule has 0 saturated carbocycles. The number of nitrogens with one attached hydrogen (secondary N) is 3. The number of hydrogen-bond donors (Lipinski definition) is 3. The lowest BCUT2D eigenvalue weighted by Crippen LogP contribution is -2.19. The number of thioether (sulfide) groups is 1. The van der Waals surface area contributed by atoms with E-state index in [1.165, 1.54) is 11.1 Å². The molecular weight excluding hydrogens is 406 g/mol. The minimum atomic E-state index is -0.764. The fourth-order valence-corrected chi connectivity index (χ4v) is 3.73. The van der Waals surface area contributed by atoms with Crippen LogP contribution in [-0.2, 0) is 5.75 Å². The van der Waals surface area contributed by atoms with Crippen molar-refractivity contribution in [2.75, 3.05) is 10.6 Å². The number of fused-ring (bicyclic) bond motifs is 1. The molecule has 3 N–H and O–H groups in total. The Hall–Kier alpha value is -3.39. The lowest BCUT2D eigenvalue weighted by atomic mass is 10.2. The summed E-state index contributed by atoms with van der Waals surface area (Å²) in [6.07, 6.45) is 0. The second-order valence-electron chi connectivity index (χ2n) is 6.79. The van der Waals surface area contributed by atoms with Crippen LogP contribution < -0.4 is 10.6 Å². The summed E-state index contributed by atoms with van der Waals surface area (Å²) in [5.41, 5.74) is 4.53. The van der Waals surface area contributed by atoms with Gasteiger partial charge in [0.2, 0.25) is 0 Å². The summed E-state index contributed by atoms with van der Waals surface area (Å²) in [7, 11) is 0. The number of aryl methyl sites for hydroxylation is 1. The molecule has 4 aromatic rings. The minimum absolute atomic E-state index is 0.0300. The average Bonchev–Trinajstić information content (AvgIpc) is 3.09. The molecule has 2 amide bonds. The highest BCUT2D eigenvalue weighted by molar-refractivity contribution is 7.98. The molecule has 0 fully saturated rings. The Labute approximate surface area is 175 Å². The number of hydrogen-bond acceptors (Lipinski definition) is 3. The Morgan fingerprint density at radius 2 is 1.67 bits per heavy atom. The highest BCUT2D eigenvalue weighted by Gasteiger charge is 2.09. The van der Waals surface area contributed by atoms with Gasteiger partial charge in [0.05, 0.1) is 11.0 Å². The molecular formula is C22H18F2N4OS. The molecule has 0 atom stereocenters. The van der Waals surface area contributed by atoms with E-state index in [9.17, 15) is 13.6 Å². The number of amides is 2. The predicted octanol–water partition coefficient (Wildman–Crippen LogP) is 6.09. The third-order valence-corrected chi connectivity index (χ3v) is 5.28. The van der Waals surface area contributed by atoms with Gasteiger partial charge in [0.1, 0.15) is 11.6 Å². The van der Waals surface area contributed by atoms with Crippen LogP contribution in [0.3, 0.4) is 0 Å². The van der Waals surface area contributed by atoms with Gasteiger partial charge in [-0.05, 0) is 42.8 Å². The number of aromatic amines is 1. The van der Waals surface area contributed by atoms with Gasteiger partial charge in [0.15, 0.2) is 5.16 Å². The molecule has 152 valence electrons. The molecule has 30 heavy (non-hydrogen) atoms. The molecule has 0 bridgehead atoms. The van der Waals surface area contributed by atoms with Crippen LogP contribution in [0.2, 0.25) is 0 Å². The third kappa shape index (κ3) is 4.96. The normalized spacial score (nSPS) is 10.9. The first-order valence-corrected chi connectivity index (χ1v) is 10.2. The minimum Gasteiger partial charge on any atom is -0.333 e. The monoisotopic (exact) mass is 424 g/mol. The summed E-state index contributed by atoms with van der Waals surface area (Å²) < 4.78 is 26.5. The molecule has 4 rings (SSSR count). The zero-order chi connectivity index (χ0) is 21.1. The van der Waals surface area contributed by atoms with Gasteiger partial charge >= 0.3 is 6.03 Å². The van der Waals surface area contributed by atoms with E-state index in [4.69, 9.17) is 0 Å². The molecule has 3 aromatic carbocycles. The van der Waals surface area contributed by atoms with Crippen molar-refractivity contribution in [1.82, 2.24) is 9.97 Å². The molecule has 0 aliphatic heterocycles. The van der Waals surface area contributed by atoms with Gasteiger partial charge in [-0.1, -0.05) is 41.6 Å².